The molecule has 0 radical (unpaired) electrons. The standard InChI is InChI=1S/C11H12N4O/c16-11-13-10(14-15-11)9-8-4-2-1-3-7(8)5-6-12-9/h1-4,9,12H,5-6H2,(H2,13,14,15,16). The van der Waals surface area contributed by atoms with Crippen molar-refractivity contribution in [2.45, 2.75) is 12.5 Å². The van der Waals surface area contributed by atoms with Gasteiger partial charge in [0, 0.05) is 6.54 Å². The van der Waals surface area contributed by atoms with E-state index in [0.717, 1.165) is 13.0 Å². The Kier molecular flexibility index (Phi) is 2.11. The van der Waals surface area contributed by atoms with E-state index in [1.807, 2.05) is 12.1 Å². The fourth-order valence-corrected chi connectivity index (χ4v) is 2.17. The van der Waals surface area contributed by atoms with Gasteiger partial charge in [0.2, 0.25) is 0 Å². The Hall–Kier alpha value is -1.88. The Morgan fingerprint density at radius 2 is 2.19 bits per heavy atom. The summed E-state index contributed by atoms with van der Waals surface area (Å²) in [6, 6.07) is 8.22. The third kappa shape index (κ3) is 1.45. The molecule has 82 valence electrons. The molecular formula is C11H12N4O. The third-order valence-corrected chi connectivity index (χ3v) is 2.90. The van der Waals surface area contributed by atoms with Crippen molar-refractivity contribution in [2.24, 2.45) is 0 Å². The number of H-pyrrole nitrogens is 2. The van der Waals surface area contributed by atoms with Gasteiger partial charge in [0.15, 0.2) is 5.82 Å². The minimum atomic E-state index is -0.264. The Morgan fingerprint density at radius 1 is 1.31 bits per heavy atom. The summed E-state index contributed by atoms with van der Waals surface area (Å²) in [5.74, 6) is 0.650. The monoisotopic (exact) mass is 216 g/mol. The SMILES string of the molecule is O=c1[nH]nc(C2NCCc3ccccc32)[nH]1. The number of benzene rings is 1. The van der Waals surface area contributed by atoms with Crippen LogP contribution in [0.15, 0.2) is 29.1 Å². The molecule has 1 atom stereocenters. The maximum absolute atomic E-state index is 11.0. The molecule has 0 spiro atoms. The Labute approximate surface area is 91.9 Å². The normalized spacial score (nSPS) is 19.4. The highest BCUT2D eigenvalue weighted by atomic mass is 16.1. The van der Waals surface area contributed by atoms with Gasteiger partial charge in [0.25, 0.3) is 0 Å². The van der Waals surface area contributed by atoms with Crippen molar-refractivity contribution in [3.05, 3.63) is 51.7 Å². The van der Waals surface area contributed by atoms with Gasteiger partial charge in [-0.2, -0.15) is 5.10 Å². The maximum atomic E-state index is 11.0. The van der Waals surface area contributed by atoms with Gasteiger partial charge in [-0.15, -0.1) is 0 Å². The number of hydrogen-bond acceptors (Lipinski definition) is 3. The smallest absolute Gasteiger partial charge is 0.303 e. The lowest BCUT2D eigenvalue weighted by molar-refractivity contribution is 0.545. The van der Waals surface area contributed by atoms with Crippen molar-refractivity contribution in [2.75, 3.05) is 6.54 Å². The second kappa shape index (κ2) is 3.61. The number of nitrogens with zero attached hydrogens (tertiary/aromatic N) is 1. The number of nitrogens with one attached hydrogen (secondary N) is 3. The van der Waals surface area contributed by atoms with Crippen LogP contribution in [0.1, 0.15) is 23.0 Å². The van der Waals surface area contributed by atoms with Gasteiger partial charge < -0.3 is 5.32 Å². The van der Waals surface area contributed by atoms with Crippen LogP contribution in [-0.2, 0) is 6.42 Å². The summed E-state index contributed by atoms with van der Waals surface area (Å²) in [5.41, 5.74) is 2.24. The summed E-state index contributed by atoms with van der Waals surface area (Å²) in [6.45, 7) is 0.899. The van der Waals surface area contributed by atoms with E-state index in [-0.39, 0.29) is 11.7 Å². The Balaban J connectivity index is 2.08. The lowest BCUT2D eigenvalue weighted by Gasteiger charge is -2.24. The zero-order chi connectivity index (χ0) is 11.0. The van der Waals surface area contributed by atoms with E-state index in [2.05, 4.69) is 32.6 Å². The van der Waals surface area contributed by atoms with E-state index in [4.69, 9.17) is 0 Å². The van der Waals surface area contributed by atoms with Crippen molar-refractivity contribution >= 4 is 0 Å². The van der Waals surface area contributed by atoms with Crippen molar-refractivity contribution in [3.63, 3.8) is 0 Å². The van der Waals surface area contributed by atoms with Crippen LogP contribution in [0, 0.1) is 0 Å². The molecule has 3 N–H and O–H groups in total. The van der Waals surface area contributed by atoms with Crippen molar-refractivity contribution in [1.82, 2.24) is 20.5 Å². The van der Waals surface area contributed by atoms with E-state index >= 15 is 0 Å². The second-order valence-electron chi connectivity index (χ2n) is 3.90. The molecular weight excluding hydrogens is 204 g/mol. The van der Waals surface area contributed by atoms with Crippen LogP contribution in [-0.4, -0.2) is 21.7 Å². The second-order valence-corrected chi connectivity index (χ2v) is 3.90. The largest absolute Gasteiger partial charge is 0.340 e. The minimum Gasteiger partial charge on any atom is -0.303 e. The van der Waals surface area contributed by atoms with Crippen LogP contribution in [0.5, 0.6) is 0 Å². The van der Waals surface area contributed by atoms with Crippen LogP contribution in [0.2, 0.25) is 0 Å². The molecule has 1 aliphatic rings. The van der Waals surface area contributed by atoms with Gasteiger partial charge in [-0.3, -0.25) is 4.98 Å². The van der Waals surface area contributed by atoms with Crippen LogP contribution in [0.3, 0.4) is 0 Å². The van der Waals surface area contributed by atoms with E-state index in [0.29, 0.717) is 5.82 Å². The van der Waals surface area contributed by atoms with Gasteiger partial charge in [-0.25, -0.2) is 9.89 Å². The summed E-state index contributed by atoms with van der Waals surface area (Å²) < 4.78 is 0. The topological polar surface area (TPSA) is 73.6 Å². The molecule has 0 fully saturated rings. The average Bonchev–Trinajstić information content (AvgIpc) is 2.75. The molecule has 1 unspecified atom stereocenters. The third-order valence-electron chi connectivity index (χ3n) is 2.90. The highest BCUT2D eigenvalue weighted by Gasteiger charge is 2.23. The average molecular weight is 216 g/mol. The van der Waals surface area contributed by atoms with Gasteiger partial charge >= 0.3 is 5.69 Å². The van der Waals surface area contributed by atoms with Crippen molar-refractivity contribution in [1.29, 1.82) is 0 Å². The summed E-state index contributed by atoms with van der Waals surface area (Å²) in [7, 11) is 0. The lowest BCUT2D eigenvalue weighted by Crippen LogP contribution is -2.31. The van der Waals surface area contributed by atoms with Crippen molar-refractivity contribution < 1.29 is 0 Å². The molecule has 3 rings (SSSR count). The van der Waals surface area contributed by atoms with Crippen LogP contribution < -0.4 is 11.0 Å². The number of fused-ring (bicyclic) bond motifs is 1. The van der Waals surface area contributed by atoms with E-state index < -0.39 is 0 Å². The minimum absolute atomic E-state index is 0.0103. The zero-order valence-corrected chi connectivity index (χ0v) is 8.66. The molecule has 0 bridgehead atoms. The van der Waals surface area contributed by atoms with Gasteiger partial charge in [-0.1, -0.05) is 24.3 Å². The molecule has 1 aromatic heterocycles. The fraction of sp³-hybridized carbons (Fsp3) is 0.273. The predicted molar refractivity (Wildman–Crippen MR) is 59.2 cm³/mol. The molecule has 1 aromatic carbocycles. The first-order valence-corrected chi connectivity index (χ1v) is 5.30. The Morgan fingerprint density at radius 3 is 3.00 bits per heavy atom. The van der Waals surface area contributed by atoms with Crippen LogP contribution >= 0.6 is 0 Å². The van der Waals surface area contributed by atoms with E-state index in [1.54, 1.807) is 0 Å². The molecule has 0 saturated heterocycles. The summed E-state index contributed by atoms with van der Waals surface area (Å²) >= 11 is 0. The van der Waals surface area contributed by atoms with Gasteiger partial charge in [-0.05, 0) is 17.5 Å². The molecule has 2 aromatic rings. The molecule has 1 aliphatic heterocycles. The van der Waals surface area contributed by atoms with Crippen LogP contribution in [0.25, 0.3) is 0 Å². The number of rotatable bonds is 1. The molecule has 0 aliphatic carbocycles. The first kappa shape index (κ1) is 9.35. The Bertz CT molecular complexity index is 557. The van der Waals surface area contributed by atoms with E-state index in [1.165, 1.54) is 11.1 Å². The number of aromatic amines is 2. The summed E-state index contributed by atoms with van der Waals surface area (Å²) in [5, 5.41) is 9.73. The van der Waals surface area contributed by atoms with Gasteiger partial charge in [0.1, 0.15) is 0 Å². The predicted octanol–water partition coefficient (Wildman–Crippen LogP) is 0.333. The molecule has 0 amide bonds. The van der Waals surface area contributed by atoms with Crippen molar-refractivity contribution in [3.8, 4) is 0 Å². The molecule has 5 heteroatoms. The molecule has 16 heavy (non-hydrogen) atoms. The summed E-state index contributed by atoms with van der Waals surface area (Å²) in [4.78, 5) is 13.7. The van der Waals surface area contributed by atoms with E-state index in [9.17, 15) is 4.79 Å². The quantitative estimate of drug-likeness (QED) is 0.643. The van der Waals surface area contributed by atoms with Gasteiger partial charge in [0.05, 0.1) is 6.04 Å². The first-order chi connectivity index (χ1) is 7.84. The zero-order valence-electron chi connectivity index (χ0n) is 8.66. The first-order valence-electron chi connectivity index (χ1n) is 5.30. The number of hydrogen-bond donors (Lipinski definition) is 3. The number of aromatic nitrogens is 3. The fourth-order valence-electron chi connectivity index (χ4n) is 2.17. The highest BCUT2D eigenvalue weighted by molar-refractivity contribution is 5.35. The summed E-state index contributed by atoms with van der Waals surface area (Å²) in [6.07, 6.45) is 1.02. The maximum Gasteiger partial charge on any atom is 0.340 e. The molecule has 0 saturated carbocycles. The van der Waals surface area contributed by atoms with Crippen LogP contribution in [0.4, 0.5) is 0 Å². The molecule has 2 heterocycles. The lowest BCUT2D eigenvalue weighted by atomic mass is 9.94. The molecule has 5 nitrogen and oxygen atoms in total. The highest BCUT2D eigenvalue weighted by Crippen LogP contribution is 2.25.